The van der Waals surface area contributed by atoms with Crippen LogP contribution in [-0.2, 0) is 10.0 Å². The van der Waals surface area contributed by atoms with Gasteiger partial charge in [-0.25, -0.2) is 18.1 Å². The monoisotopic (exact) mass is 435 g/mol. The molecule has 0 saturated heterocycles. The van der Waals surface area contributed by atoms with Crippen molar-refractivity contribution < 1.29 is 13.2 Å². The fourth-order valence-electron chi connectivity index (χ4n) is 2.44. The lowest BCUT2D eigenvalue weighted by Gasteiger charge is -2.12. The molecule has 2 aromatic carbocycles. The maximum atomic E-state index is 12.5. The van der Waals surface area contributed by atoms with E-state index < -0.39 is 16.1 Å². The highest BCUT2D eigenvalue weighted by atomic mass is 79.9. The zero-order chi connectivity index (χ0) is 18.7. The molecular formula is C18H18BrN3O3S. The van der Waals surface area contributed by atoms with E-state index in [1.807, 2.05) is 24.3 Å². The van der Waals surface area contributed by atoms with E-state index in [4.69, 9.17) is 4.74 Å². The third-order valence-corrected chi connectivity index (χ3v) is 5.95. The van der Waals surface area contributed by atoms with Gasteiger partial charge in [-0.05, 0) is 48.9 Å². The van der Waals surface area contributed by atoms with Crippen molar-refractivity contribution in [3.05, 3.63) is 65.0 Å². The van der Waals surface area contributed by atoms with Gasteiger partial charge in [-0.3, -0.25) is 0 Å². The van der Waals surface area contributed by atoms with Gasteiger partial charge in [0, 0.05) is 4.47 Å². The van der Waals surface area contributed by atoms with Gasteiger partial charge in [0.2, 0.25) is 10.0 Å². The van der Waals surface area contributed by atoms with Gasteiger partial charge in [0.25, 0.3) is 0 Å². The summed E-state index contributed by atoms with van der Waals surface area (Å²) in [5.74, 6) is 1.14. The first-order valence-corrected chi connectivity index (χ1v) is 10.1. The lowest BCUT2D eigenvalue weighted by Crippen LogP contribution is -2.27. The molecule has 0 aliphatic heterocycles. The minimum Gasteiger partial charge on any atom is -0.497 e. The number of hydrogen-bond acceptors (Lipinski definition) is 4. The Morgan fingerprint density at radius 1 is 1.12 bits per heavy atom. The summed E-state index contributed by atoms with van der Waals surface area (Å²) < 4.78 is 33.7. The van der Waals surface area contributed by atoms with Crippen molar-refractivity contribution in [1.29, 1.82) is 0 Å². The van der Waals surface area contributed by atoms with E-state index in [1.54, 1.807) is 25.3 Å². The Kier molecular flexibility index (Phi) is 5.45. The molecule has 1 unspecified atom stereocenters. The zero-order valence-corrected chi connectivity index (χ0v) is 16.6. The second kappa shape index (κ2) is 7.61. The van der Waals surface area contributed by atoms with Crippen LogP contribution in [0.3, 0.4) is 0 Å². The number of imidazole rings is 1. The van der Waals surface area contributed by atoms with Gasteiger partial charge in [0.05, 0.1) is 29.9 Å². The van der Waals surface area contributed by atoms with Crippen LogP contribution >= 0.6 is 15.9 Å². The molecule has 6 nitrogen and oxygen atoms in total. The molecule has 0 radical (unpaired) electrons. The Balaban J connectivity index is 1.76. The molecule has 0 spiro atoms. The zero-order valence-electron chi connectivity index (χ0n) is 14.2. The van der Waals surface area contributed by atoms with Crippen LogP contribution in [0.1, 0.15) is 18.8 Å². The molecule has 0 aliphatic carbocycles. The summed E-state index contributed by atoms with van der Waals surface area (Å²) in [6.45, 7) is 1.74. The normalized spacial score (nSPS) is 12.7. The second-order valence-corrected chi connectivity index (χ2v) is 8.34. The standard InChI is InChI=1S/C18H18BrN3O3S/c1-12(22-26(23,24)16-9-7-15(25-2)8-10-16)18-20-11-17(21-18)13-3-5-14(19)6-4-13/h3-12,22H,1-2H3,(H,20,21). The fraction of sp³-hybridized carbons (Fsp3) is 0.167. The van der Waals surface area contributed by atoms with Crippen molar-refractivity contribution in [3.63, 3.8) is 0 Å². The van der Waals surface area contributed by atoms with Gasteiger partial charge in [-0.2, -0.15) is 0 Å². The van der Waals surface area contributed by atoms with E-state index in [0.717, 1.165) is 15.7 Å². The van der Waals surface area contributed by atoms with Gasteiger partial charge in [-0.1, -0.05) is 28.1 Å². The Hall–Kier alpha value is -2.16. The first-order valence-electron chi connectivity index (χ1n) is 7.86. The third kappa shape index (κ3) is 4.14. The van der Waals surface area contributed by atoms with Crippen molar-refractivity contribution in [3.8, 4) is 17.0 Å². The molecular weight excluding hydrogens is 418 g/mol. The molecule has 0 amide bonds. The number of aromatic amines is 1. The molecule has 8 heteroatoms. The van der Waals surface area contributed by atoms with Gasteiger partial charge in [-0.15, -0.1) is 0 Å². The molecule has 0 aliphatic rings. The number of nitrogens with zero attached hydrogens (tertiary/aromatic N) is 1. The molecule has 3 aromatic rings. The Bertz CT molecular complexity index is 983. The number of rotatable bonds is 6. The summed E-state index contributed by atoms with van der Waals surface area (Å²) in [4.78, 5) is 7.64. The highest BCUT2D eigenvalue weighted by Crippen LogP contribution is 2.23. The van der Waals surface area contributed by atoms with Crippen LogP contribution in [-0.4, -0.2) is 25.5 Å². The molecule has 26 heavy (non-hydrogen) atoms. The summed E-state index contributed by atoms with van der Waals surface area (Å²) in [6.07, 6.45) is 1.69. The summed E-state index contributed by atoms with van der Waals surface area (Å²) in [5.41, 5.74) is 1.79. The maximum absolute atomic E-state index is 12.5. The number of methoxy groups -OCH3 is 1. The van der Waals surface area contributed by atoms with E-state index in [9.17, 15) is 8.42 Å². The summed E-state index contributed by atoms with van der Waals surface area (Å²) >= 11 is 3.40. The SMILES string of the molecule is COc1ccc(S(=O)(=O)NC(C)c2ncc(-c3ccc(Br)cc3)[nH]2)cc1. The second-order valence-electron chi connectivity index (χ2n) is 5.71. The van der Waals surface area contributed by atoms with Crippen LogP contribution in [0, 0.1) is 0 Å². The number of benzene rings is 2. The number of sulfonamides is 1. The average Bonchev–Trinajstić information content (AvgIpc) is 3.12. The predicted octanol–water partition coefficient (Wildman–Crippen LogP) is 3.89. The minimum atomic E-state index is -3.67. The molecule has 1 heterocycles. The van der Waals surface area contributed by atoms with Crippen LogP contribution < -0.4 is 9.46 Å². The molecule has 0 bridgehead atoms. The van der Waals surface area contributed by atoms with E-state index >= 15 is 0 Å². The van der Waals surface area contributed by atoms with Gasteiger partial charge >= 0.3 is 0 Å². The highest BCUT2D eigenvalue weighted by Gasteiger charge is 2.20. The minimum absolute atomic E-state index is 0.171. The number of nitrogens with one attached hydrogen (secondary N) is 2. The number of ether oxygens (including phenoxy) is 1. The van der Waals surface area contributed by atoms with Gasteiger partial charge in [0.15, 0.2) is 0 Å². The van der Waals surface area contributed by atoms with E-state index in [2.05, 4.69) is 30.6 Å². The predicted molar refractivity (Wildman–Crippen MR) is 103 cm³/mol. The van der Waals surface area contributed by atoms with Crippen molar-refractivity contribution in [2.75, 3.05) is 7.11 Å². The molecule has 0 fully saturated rings. The van der Waals surface area contributed by atoms with Crippen LogP contribution in [0.25, 0.3) is 11.3 Å². The quantitative estimate of drug-likeness (QED) is 0.614. The Morgan fingerprint density at radius 3 is 2.38 bits per heavy atom. The number of halogens is 1. The fourth-order valence-corrected chi connectivity index (χ4v) is 3.92. The summed E-state index contributed by atoms with van der Waals surface area (Å²) in [6, 6.07) is 13.5. The van der Waals surface area contributed by atoms with Crippen molar-refractivity contribution in [1.82, 2.24) is 14.7 Å². The Labute approximate surface area is 160 Å². The van der Waals surface area contributed by atoms with Crippen LogP contribution in [0.2, 0.25) is 0 Å². The molecule has 136 valence electrons. The highest BCUT2D eigenvalue weighted by molar-refractivity contribution is 9.10. The Morgan fingerprint density at radius 2 is 1.77 bits per heavy atom. The van der Waals surface area contributed by atoms with Crippen molar-refractivity contribution >= 4 is 26.0 Å². The number of hydrogen-bond donors (Lipinski definition) is 2. The maximum Gasteiger partial charge on any atom is 0.241 e. The molecule has 1 aromatic heterocycles. The first-order chi connectivity index (χ1) is 12.4. The molecule has 2 N–H and O–H groups in total. The largest absolute Gasteiger partial charge is 0.497 e. The lowest BCUT2D eigenvalue weighted by atomic mass is 10.2. The van der Waals surface area contributed by atoms with Gasteiger partial charge < -0.3 is 9.72 Å². The number of aromatic nitrogens is 2. The average molecular weight is 436 g/mol. The van der Waals surface area contributed by atoms with E-state index in [0.29, 0.717) is 11.6 Å². The number of H-pyrrole nitrogens is 1. The topological polar surface area (TPSA) is 84.1 Å². The molecule has 1 atom stereocenters. The first kappa shape index (κ1) is 18.6. The molecule has 3 rings (SSSR count). The van der Waals surface area contributed by atoms with Crippen LogP contribution in [0.15, 0.2) is 64.1 Å². The van der Waals surface area contributed by atoms with E-state index in [-0.39, 0.29) is 4.90 Å². The third-order valence-electron chi connectivity index (χ3n) is 3.86. The van der Waals surface area contributed by atoms with Crippen molar-refractivity contribution in [2.45, 2.75) is 17.9 Å². The van der Waals surface area contributed by atoms with E-state index in [1.165, 1.54) is 19.2 Å². The van der Waals surface area contributed by atoms with Crippen LogP contribution in [0.4, 0.5) is 0 Å². The van der Waals surface area contributed by atoms with Crippen LogP contribution in [0.5, 0.6) is 5.75 Å². The smallest absolute Gasteiger partial charge is 0.241 e. The molecule has 0 saturated carbocycles. The summed E-state index contributed by atoms with van der Waals surface area (Å²) in [5, 5.41) is 0. The summed E-state index contributed by atoms with van der Waals surface area (Å²) in [7, 11) is -2.13. The van der Waals surface area contributed by atoms with Gasteiger partial charge in [0.1, 0.15) is 11.6 Å². The lowest BCUT2D eigenvalue weighted by molar-refractivity contribution is 0.414. The van der Waals surface area contributed by atoms with Crippen molar-refractivity contribution in [2.24, 2.45) is 0 Å².